The van der Waals surface area contributed by atoms with E-state index in [-0.39, 0.29) is 12.5 Å². The SMILES string of the molecule is CCc1cc(OCCC(C)Oc2ccc(C(F)(F)F)cc2-c2ccc(OC)cc2)ccc1CCC(=O)O. The first-order valence-electron chi connectivity index (χ1n) is 12.1. The maximum atomic E-state index is 13.4. The van der Waals surface area contributed by atoms with Crippen LogP contribution in [0.15, 0.2) is 60.7 Å². The number of halogens is 3. The summed E-state index contributed by atoms with van der Waals surface area (Å²) in [6, 6.07) is 15.9. The first kappa shape index (κ1) is 27.9. The number of ether oxygens (including phenoxy) is 3. The summed E-state index contributed by atoms with van der Waals surface area (Å²) < 4.78 is 57.2. The van der Waals surface area contributed by atoms with Crippen molar-refractivity contribution in [2.45, 2.75) is 51.8 Å². The van der Waals surface area contributed by atoms with Crippen LogP contribution in [0.2, 0.25) is 0 Å². The van der Waals surface area contributed by atoms with E-state index in [0.29, 0.717) is 47.8 Å². The van der Waals surface area contributed by atoms with Crippen molar-refractivity contribution >= 4 is 5.97 Å². The second-order valence-corrected chi connectivity index (χ2v) is 8.68. The van der Waals surface area contributed by atoms with Crippen molar-refractivity contribution in [3.8, 4) is 28.4 Å². The van der Waals surface area contributed by atoms with E-state index in [2.05, 4.69) is 0 Å². The number of rotatable bonds is 12. The molecule has 1 unspecified atom stereocenters. The molecule has 3 rings (SSSR count). The molecular formula is C29H31F3O5. The molecule has 0 fully saturated rings. The summed E-state index contributed by atoms with van der Waals surface area (Å²) in [6.07, 6.45) is -2.99. The number of carboxylic acids is 1. The zero-order chi connectivity index (χ0) is 27.0. The first-order chi connectivity index (χ1) is 17.6. The van der Waals surface area contributed by atoms with Gasteiger partial charge >= 0.3 is 12.1 Å². The van der Waals surface area contributed by atoms with Crippen LogP contribution < -0.4 is 14.2 Å². The fourth-order valence-corrected chi connectivity index (χ4v) is 3.93. The molecule has 198 valence electrons. The van der Waals surface area contributed by atoms with E-state index in [1.54, 1.807) is 24.3 Å². The minimum Gasteiger partial charge on any atom is -0.497 e. The molecule has 0 amide bonds. The van der Waals surface area contributed by atoms with Crippen LogP contribution in [0.3, 0.4) is 0 Å². The smallest absolute Gasteiger partial charge is 0.416 e. The number of methoxy groups -OCH3 is 1. The predicted molar refractivity (Wildman–Crippen MR) is 135 cm³/mol. The van der Waals surface area contributed by atoms with Gasteiger partial charge in [-0.25, -0.2) is 0 Å². The molecule has 37 heavy (non-hydrogen) atoms. The van der Waals surface area contributed by atoms with Crippen LogP contribution in [0.25, 0.3) is 11.1 Å². The Bertz CT molecular complexity index is 1190. The van der Waals surface area contributed by atoms with Gasteiger partial charge in [0.05, 0.1) is 25.4 Å². The zero-order valence-corrected chi connectivity index (χ0v) is 21.1. The number of aryl methyl sites for hydroxylation is 2. The van der Waals surface area contributed by atoms with Crippen LogP contribution in [0.4, 0.5) is 13.2 Å². The second kappa shape index (κ2) is 12.5. The average Bonchev–Trinajstić information content (AvgIpc) is 2.87. The number of aliphatic carboxylic acids is 1. The van der Waals surface area contributed by atoms with Crippen molar-refractivity contribution in [2.24, 2.45) is 0 Å². The van der Waals surface area contributed by atoms with E-state index in [1.165, 1.54) is 13.2 Å². The fourth-order valence-electron chi connectivity index (χ4n) is 3.93. The lowest BCUT2D eigenvalue weighted by molar-refractivity contribution is -0.138. The Morgan fingerprint density at radius 3 is 2.30 bits per heavy atom. The van der Waals surface area contributed by atoms with Gasteiger partial charge in [0.2, 0.25) is 0 Å². The maximum absolute atomic E-state index is 13.4. The topological polar surface area (TPSA) is 65.0 Å². The van der Waals surface area contributed by atoms with E-state index in [9.17, 15) is 18.0 Å². The highest BCUT2D eigenvalue weighted by Gasteiger charge is 2.31. The summed E-state index contributed by atoms with van der Waals surface area (Å²) in [5.41, 5.74) is 2.20. The number of benzene rings is 3. The highest BCUT2D eigenvalue weighted by molar-refractivity contribution is 5.72. The minimum atomic E-state index is -4.47. The molecule has 0 saturated carbocycles. The molecule has 1 atom stereocenters. The molecular weight excluding hydrogens is 485 g/mol. The summed E-state index contributed by atoms with van der Waals surface area (Å²) >= 11 is 0. The zero-order valence-electron chi connectivity index (χ0n) is 21.1. The molecule has 0 radical (unpaired) electrons. The summed E-state index contributed by atoms with van der Waals surface area (Å²) in [4.78, 5) is 10.9. The van der Waals surface area contributed by atoms with Gasteiger partial charge in [-0.2, -0.15) is 13.2 Å². The van der Waals surface area contributed by atoms with E-state index in [0.717, 1.165) is 29.7 Å². The minimum absolute atomic E-state index is 0.0739. The predicted octanol–water partition coefficient (Wildman–Crippen LogP) is 7.20. The Labute approximate surface area is 214 Å². The highest BCUT2D eigenvalue weighted by atomic mass is 19.4. The van der Waals surface area contributed by atoms with Crippen LogP contribution >= 0.6 is 0 Å². The molecule has 0 aliphatic carbocycles. The lowest BCUT2D eigenvalue weighted by Crippen LogP contribution is -2.16. The number of carbonyl (C=O) groups is 1. The third-order valence-corrected chi connectivity index (χ3v) is 6.00. The molecule has 3 aromatic rings. The molecule has 0 saturated heterocycles. The molecule has 5 nitrogen and oxygen atoms in total. The molecule has 0 spiro atoms. The molecule has 8 heteroatoms. The summed E-state index contributed by atoms with van der Waals surface area (Å²) in [5, 5.41) is 8.93. The van der Waals surface area contributed by atoms with E-state index >= 15 is 0 Å². The Kier molecular flexibility index (Phi) is 9.44. The largest absolute Gasteiger partial charge is 0.497 e. The van der Waals surface area contributed by atoms with Gasteiger partial charge in [0.15, 0.2) is 0 Å². The third-order valence-electron chi connectivity index (χ3n) is 6.00. The van der Waals surface area contributed by atoms with Gasteiger partial charge in [0.25, 0.3) is 0 Å². The van der Waals surface area contributed by atoms with Crippen LogP contribution in [0.1, 0.15) is 43.4 Å². The van der Waals surface area contributed by atoms with Gasteiger partial charge in [0.1, 0.15) is 17.2 Å². The Hall–Kier alpha value is -3.68. The van der Waals surface area contributed by atoms with Crippen molar-refractivity contribution < 1.29 is 37.3 Å². The molecule has 0 bridgehead atoms. The Balaban J connectivity index is 1.68. The molecule has 1 N–H and O–H groups in total. The van der Waals surface area contributed by atoms with E-state index in [4.69, 9.17) is 19.3 Å². The molecule has 0 aliphatic heterocycles. The van der Waals surface area contributed by atoms with Crippen LogP contribution in [0, 0.1) is 0 Å². The highest BCUT2D eigenvalue weighted by Crippen LogP contribution is 2.38. The molecule has 3 aromatic carbocycles. The Morgan fingerprint density at radius 2 is 1.68 bits per heavy atom. The van der Waals surface area contributed by atoms with Gasteiger partial charge in [0, 0.05) is 18.4 Å². The van der Waals surface area contributed by atoms with Gasteiger partial charge < -0.3 is 19.3 Å². The van der Waals surface area contributed by atoms with Crippen molar-refractivity contribution in [3.63, 3.8) is 0 Å². The number of carboxylic acid groups (broad SMARTS) is 1. The standard InChI is InChI=1S/C29H31F3O5/c1-4-20-17-25(12-5-21(20)8-14-28(33)34)36-16-15-19(2)37-27-13-9-23(29(30,31)32)18-26(27)22-6-10-24(35-3)11-7-22/h5-7,9-13,17-19H,4,8,14-16H2,1-3H3,(H,33,34). The van der Waals surface area contributed by atoms with E-state index < -0.39 is 17.7 Å². The lowest BCUT2D eigenvalue weighted by atomic mass is 10.0. The second-order valence-electron chi connectivity index (χ2n) is 8.68. The van der Waals surface area contributed by atoms with Gasteiger partial charge in [-0.05, 0) is 78.9 Å². The first-order valence-corrected chi connectivity index (χ1v) is 12.1. The van der Waals surface area contributed by atoms with Gasteiger partial charge in [-0.3, -0.25) is 4.79 Å². The fraction of sp³-hybridized carbons (Fsp3) is 0.345. The summed E-state index contributed by atoms with van der Waals surface area (Å²) in [5.74, 6) is 0.794. The molecule has 0 aliphatic rings. The van der Waals surface area contributed by atoms with E-state index in [1.807, 2.05) is 32.0 Å². The van der Waals surface area contributed by atoms with Gasteiger partial charge in [-0.15, -0.1) is 0 Å². The van der Waals surface area contributed by atoms with Crippen molar-refractivity contribution in [2.75, 3.05) is 13.7 Å². The normalized spacial score (nSPS) is 12.2. The van der Waals surface area contributed by atoms with Crippen LogP contribution in [-0.4, -0.2) is 30.9 Å². The summed E-state index contributed by atoms with van der Waals surface area (Å²) in [7, 11) is 1.52. The maximum Gasteiger partial charge on any atom is 0.416 e. The summed E-state index contributed by atoms with van der Waals surface area (Å²) in [6.45, 7) is 4.19. The number of hydrogen-bond donors (Lipinski definition) is 1. The van der Waals surface area contributed by atoms with Gasteiger partial charge in [-0.1, -0.05) is 25.1 Å². The van der Waals surface area contributed by atoms with Crippen LogP contribution in [-0.2, 0) is 23.8 Å². The number of hydrogen-bond acceptors (Lipinski definition) is 4. The average molecular weight is 517 g/mol. The molecule has 0 aromatic heterocycles. The van der Waals surface area contributed by atoms with Crippen molar-refractivity contribution in [1.82, 2.24) is 0 Å². The van der Waals surface area contributed by atoms with Crippen molar-refractivity contribution in [3.05, 3.63) is 77.4 Å². The third kappa shape index (κ3) is 7.90. The monoisotopic (exact) mass is 516 g/mol. The Morgan fingerprint density at radius 1 is 0.973 bits per heavy atom. The quantitative estimate of drug-likeness (QED) is 0.276. The number of alkyl halides is 3. The lowest BCUT2D eigenvalue weighted by Gasteiger charge is -2.20. The molecule has 0 heterocycles. The van der Waals surface area contributed by atoms with Crippen LogP contribution in [0.5, 0.6) is 17.2 Å². The van der Waals surface area contributed by atoms with Crippen molar-refractivity contribution in [1.29, 1.82) is 0 Å².